The van der Waals surface area contributed by atoms with Gasteiger partial charge in [-0.15, -0.1) is 0 Å². The van der Waals surface area contributed by atoms with Crippen molar-refractivity contribution in [3.8, 4) is 0 Å². The number of likely N-dealkylation sites (tertiary alicyclic amines) is 1. The van der Waals surface area contributed by atoms with Gasteiger partial charge in [-0.3, -0.25) is 9.69 Å². The molecule has 3 unspecified atom stereocenters. The molecule has 18 heavy (non-hydrogen) atoms. The van der Waals surface area contributed by atoms with Gasteiger partial charge in [0.05, 0.1) is 13.2 Å². The molecule has 3 nitrogen and oxygen atoms in total. The van der Waals surface area contributed by atoms with Gasteiger partial charge in [-0.05, 0) is 44.6 Å². The van der Waals surface area contributed by atoms with Crippen molar-refractivity contribution in [1.82, 2.24) is 4.90 Å². The Morgan fingerprint density at radius 3 is 2.78 bits per heavy atom. The van der Waals surface area contributed by atoms with Crippen molar-refractivity contribution in [2.24, 2.45) is 11.8 Å². The van der Waals surface area contributed by atoms with Gasteiger partial charge in [0.1, 0.15) is 0 Å². The third-order valence-corrected chi connectivity index (χ3v) is 5.10. The first-order chi connectivity index (χ1) is 8.84. The van der Waals surface area contributed by atoms with Crippen LogP contribution >= 0.6 is 0 Å². The molecule has 2 aliphatic heterocycles. The van der Waals surface area contributed by atoms with Gasteiger partial charge in [-0.25, -0.2) is 0 Å². The smallest absolute Gasteiger partial charge is 0.152 e. The van der Waals surface area contributed by atoms with E-state index < -0.39 is 0 Å². The van der Waals surface area contributed by atoms with Crippen molar-refractivity contribution < 1.29 is 9.53 Å². The average molecular weight is 251 g/mol. The van der Waals surface area contributed by atoms with Gasteiger partial charge in [0.15, 0.2) is 5.78 Å². The van der Waals surface area contributed by atoms with Crippen LogP contribution in [0.15, 0.2) is 0 Å². The van der Waals surface area contributed by atoms with E-state index in [1.165, 1.54) is 38.5 Å². The van der Waals surface area contributed by atoms with E-state index >= 15 is 0 Å². The van der Waals surface area contributed by atoms with Crippen LogP contribution in [0.5, 0.6) is 0 Å². The molecule has 3 rings (SSSR count). The molecule has 3 heteroatoms. The topological polar surface area (TPSA) is 29.5 Å². The molecule has 3 fully saturated rings. The Kier molecular flexibility index (Phi) is 4.00. The lowest BCUT2D eigenvalue weighted by molar-refractivity contribution is -0.125. The van der Waals surface area contributed by atoms with E-state index in [1.807, 2.05) is 0 Å². The van der Waals surface area contributed by atoms with Crippen LogP contribution in [0.3, 0.4) is 0 Å². The maximum absolute atomic E-state index is 12.3. The molecule has 3 aliphatic rings. The lowest BCUT2D eigenvalue weighted by Gasteiger charge is -2.44. The van der Waals surface area contributed by atoms with Crippen LogP contribution in [-0.2, 0) is 9.53 Å². The Balaban J connectivity index is 1.58. The fourth-order valence-corrected chi connectivity index (χ4v) is 4.04. The molecule has 0 radical (unpaired) electrons. The minimum atomic E-state index is 0.189. The number of carbonyl (C=O) groups excluding carboxylic acids is 1. The van der Waals surface area contributed by atoms with Crippen LogP contribution in [0.4, 0.5) is 0 Å². The van der Waals surface area contributed by atoms with E-state index in [0.29, 0.717) is 25.0 Å². The quantitative estimate of drug-likeness (QED) is 0.770. The van der Waals surface area contributed by atoms with Gasteiger partial charge in [0.2, 0.25) is 0 Å². The Morgan fingerprint density at radius 1 is 1.11 bits per heavy atom. The largest absolute Gasteiger partial charge is 0.381 e. The number of hydrogen-bond acceptors (Lipinski definition) is 3. The lowest BCUT2D eigenvalue weighted by Crippen LogP contribution is -2.49. The number of fused-ring (bicyclic) bond motifs is 1. The molecule has 3 atom stereocenters. The Hall–Kier alpha value is -0.410. The summed E-state index contributed by atoms with van der Waals surface area (Å²) in [6.07, 6.45) is 9.09. The zero-order valence-corrected chi connectivity index (χ0v) is 11.3. The normalized spacial score (nSPS) is 37.4. The molecule has 0 amide bonds. The first kappa shape index (κ1) is 12.6. The number of ether oxygens (including phenoxy) is 1. The van der Waals surface area contributed by atoms with E-state index in [4.69, 9.17) is 4.74 Å². The molecule has 0 aromatic carbocycles. The highest BCUT2D eigenvalue weighted by molar-refractivity contribution is 5.83. The van der Waals surface area contributed by atoms with Crippen LogP contribution in [0.2, 0.25) is 0 Å². The monoisotopic (exact) mass is 251 g/mol. The number of piperidine rings is 1. The molecule has 2 heterocycles. The summed E-state index contributed by atoms with van der Waals surface area (Å²) in [5, 5.41) is 0. The van der Waals surface area contributed by atoms with Crippen LogP contribution in [0, 0.1) is 11.8 Å². The molecule has 0 spiro atoms. The number of nitrogens with zero attached hydrogens (tertiary/aromatic N) is 1. The van der Waals surface area contributed by atoms with Crippen molar-refractivity contribution in [3.05, 3.63) is 0 Å². The van der Waals surface area contributed by atoms with E-state index in [2.05, 4.69) is 4.90 Å². The molecule has 2 saturated heterocycles. The first-order valence-corrected chi connectivity index (χ1v) is 7.69. The number of ketones is 1. The molecule has 102 valence electrons. The average Bonchev–Trinajstić information content (AvgIpc) is 2.93. The Bertz CT molecular complexity index is 297. The van der Waals surface area contributed by atoms with E-state index in [9.17, 15) is 4.79 Å². The van der Waals surface area contributed by atoms with Crippen molar-refractivity contribution in [2.75, 3.05) is 26.3 Å². The molecular formula is C15H25NO2. The second-order valence-electron chi connectivity index (χ2n) is 6.25. The van der Waals surface area contributed by atoms with E-state index in [0.717, 1.165) is 25.5 Å². The fourth-order valence-electron chi connectivity index (χ4n) is 4.04. The van der Waals surface area contributed by atoms with Gasteiger partial charge < -0.3 is 4.74 Å². The number of carbonyl (C=O) groups is 1. The first-order valence-electron chi connectivity index (χ1n) is 7.69. The van der Waals surface area contributed by atoms with Gasteiger partial charge in [0.25, 0.3) is 0 Å². The molecule has 0 aromatic heterocycles. The fraction of sp³-hybridized carbons (Fsp3) is 0.933. The highest BCUT2D eigenvalue weighted by atomic mass is 16.5. The number of Topliss-reactive ketones (excluding diaryl/α,β-unsaturated/α-hetero) is 1. The van der Waals surface area contributed by atoms with Gasteiger partial charge >= 0.3 is 0 Å². The summed E-state index contributed by atoms with van der Waals surface area (Å²) in [7, 11) is 0. The number of rotatable bonds is 3. The van der Waals surface area contributed by atoms with Crippen LogP contribution < -0.4 is 0 Å². The van der Waals surface area contributed by atoms with Crippen LogP contribution in [0.1, 0.15) is 44.9 Å². The van der Waals surface area contributed by atoms with Crippen LogP contribution in [0.25, 0.3) is 0 Å². The third kappa shape index (κ3) is 2.62. The predicted octanol–water partition coefficient (Wildman–Crippen LogP) is 2.25. The summed E-state index contributed by atoms with van der Waals surface area (Å²) in [5.74, 6) is 1.49. The van der Waals surface area contributed by atoms with Gasteiger partial charge in [0, 0.05) is 18.6 Å². The maximum atomic E-state index is 12.3. The SMILES string of the molecule is O=C(CN1CCCC2CCCCC21)C1CCOC1. The summed E-state index contributed by atoms with van der Waals surface area (Å²) in [6.45, 7) is 3.28. The summed E-state index contributed by atoms with van der Waals surface area (Å²) < 4.78 is 5.33. The van der Waals surface area contributed by atoms with Crippen molar-refractivity contribution in [3.63, 3.8) is 0 Å². The van der Waals surface area contributed by atoms with E-state index in [1.54, 1.807) is 0 Å². The molecular weight excluding hydrogens is 226 g/mol. The van der Waals surface area contributed by atoms with Crippen LogP contribution in [-0.4, -0.2) is 43.0 Å². The van der Waals surface area contributed by atoms with Crippen molar-refractivity contribution >= 4 is 5.78 Å². The second kappa shape index (κ2) is 5.70. The van der Waals surface area contributed by atoms with Gasteiger partial charge in [-0.1, -0.05) is 12.8 Å². The summed E-state index contributed by atoms with van der Waals surface area (Å²) >= 11 is 0. The van der Waals surface area contributed by atoms with E-state index in [-0.39, 0.29) is 5.92 Å². The predicted molar refractivity (Wildman–Crippen MR) is 70.5 cm³/mol. The minimum absolute atomic E-state index is 0.189. The zero-order valence-electron chi connectivity index (χ0n) is 11.3. The molecule has 0 aromatic rings. The highest BCUT2D eigenvalue weighted by Gasteiger charge is 2.35. The molecule has 1 saturated carbocycles. The second-order valence-corrected chi connectivity index (χ2v) is 6.25. The van der Waals surface area contributed by atoms with Gasteiger partial charge in [-0.2, -0.15) is 0 Å². The third-order valence-electron chi connectivity index (χ3n) is 5.10. The number of hydrogen-bond donors (Lipinski definition) is 0. The Labute approximate surface area is 110 Å². The minimum Gasteiger partial charge on any atom is -0.381 e. The standard InChI is InChI=1S/C15H25NO2/c17-15(13-7-9-18-11-13)10-16-8-3-5-12-4-1-2-6-14(12)16/h12-14H,1-11H2. The highest BCUT2D eigenvalue weighted by Crippen LogP contribution is 2.35. The molecule has 1 aliphatic carbocycles. The maximum Gasteiger partial charge on any atom is 0.152 e. The van der Waals surface area contributed by atoms with Crippen molar-refractivity contribution in [2.45, 2.75) is 51.0 Å². The summed E-state index contributed by atoms with van der Waals surface area (Å²) in [5.41, 5.74) is 0. The zero-order chi connectivity index (χ0) is 12.4. The lowest BCUT2D eigenvalue weighted by atomic mass is 9.78. The summed E-state index contributed by atoms with van der Waals surface area (Å²) in [6, 6.07) is 0.707. The van der Waals surface area contributed by atoms with Crippen molar-refractivity contribution in [1.29, 1.82) is 0 Å². The summed E-state index contributed by atoms with van der Waals surface area (Å²) in [4.78, 5) is 14.8. The molecule has 0 bridgehead atoms. The molecule has 0 N–H and O–H groups in total. The Morgan fingerprint density at radius 2 is 1.94 bits per heavy atom.